The number of halogens is 5. The van der Waals surface area contributed by atoms with Gasteiger partial charge in [0.25, 0.3) is 0 Å². The first-order chi connectivity index (χ1) is 14.0. The van der Waals surface area contributed by atoms with Crippen LogP contribution in [-0.2, 0) is 4.74 Å². The van der Waals surface area contributed by atoms with Crippen molar-refractivity contribution >= 4 is 5.97 Å². The predicted molar refractivity (Wildman–Crippen MR) is 94.5 cm³/mol. The van der Waals surface area contributed by atoms with Gasteiger partial charge >= 0.3 is 18.3 Å². The molecule has 1 aromatic heterocycles. The van der Waals surface area contributed by atoms with Crippen molar-refractivity contribution in [2.75, 3.05) is 7.11 Å². The minimum atomic E-state index is -5.83. The summed E-state index contributed by atoms with van der Waals surface area (Å²) in [5.41, 5.74) is 2.09. The Morgan fingerprint density at radius 3 is 2.27 bits per heavy atom. The molecule has 0 N–H and O–H groups in total. The third-order valence-corrected chi connectivity index (χ3v) is 4.06. The highest BCUT2D eigenvalue weighted by atomic mass is 19.4. The van der Waals surface area contributed by atoms with E-state index in [0.717, 1.165) is 12.1 Å². The summed E-state index contributed by atoms with van der Waals surface area (Å²) in [5, 5.41) is 4.27. The molecule has 0 bridgehead atoms. The second kappa shape index (κ2) is 7.73. The molecule has 0 atom stereocenters. The molecule has 0 fully saturated rings. The van der Waals surface area contributed by atoms with Gasteiger partial charge in [0, 0.05) is 5.56 Å². The fraction of sp³-hybridized carbons (Fsp3) is 0.211. The average Bonchev–Trinajstić information content (AvgIpc) is 3.16. The third-order valence-electron chi connectivity index (χ3n) is 4.06. The van der Waals surface area contributed by atoms with E-state index in [1.54, 1.807) is 25.1 Å². The Kier molecular flexibility index (Phi) is 5.47. The zero-order valence-corrected chi connectivity index (χ0v) is 15.6. The summed E-state index contributed by atoms with van der Waals surface area (Å²) in [6.07, 6.45) is -9.78. The zero-order chi connectivity index (χ0) is 22.1. The Morgan fingerprint density at radius 1 is 1.03 bits per heavy atom. The quantitative estimate of drug-likeness (QED) is 0.441. The second-order valence-corrected chi connectivity index (χ2v) is 6.14. The van der Waals surface area contributed by atoms with E-state index in [0.29, 0.717) is 28.2 Å². The summed E-state index contributed by atoms with van der Waals surface area (Å²) >= 11 is 0. The van der Waals surface area contributed by atoms with Crippen LogP contribution >= 0.6 is 0 Å². The highest BCUT2D eigenvalue weighted by Gasteiger charge is 2.61. The molecule has 0 aliphatic rings. The number of carbonyl (C=O) groups excluding carboxylic acids is 1. The van der Waals surface area contributed by atoms with E-state index < -0.39 is 24.0 Å². The molecule has 1 heterocycles. The van der Waals surface area contributed by atoms with Gasteiger partial charge in [0.2, 0.25) is 0 Å². The fourth-order valence-electron chi connectivity index (χ4n) is 2.54. The predicted octanol–water partition coefficient (Wildman–Crippen LogP) is 4.56. The summed E-state index contributed by atoms with van der Waals surface area (Å²) in [7, 11) is 1.27. The van der Waals surface area contributed by atoms with Gasteiger partial charge in [0.1, 0.15) is 12.1 Å². The standard InChI is InChI=1S/C19H14F5N3O3/c1-11-9-12(17(28)29-2)3-8-15(11)16-25-10-27(26-16)13-4-6-14(7-5-13)30-19(23,24)18(20,21)22/h3-10H,1-2H3. The first-order valence-electron chi connectivity index (χ1n) is 8.37. The van der Waals surface area contributed by atoms with Crippen LogP contribution in [0.15, 0.2) is 48.8 Å². The number of aromatic nitrogens is 3. The topological polar surface area (TPSA) is 66.2 Å². The van der Waals surface area contributed by atoms with Gasteiger partial charge in [-0.1, -0.05) is 0 Å². The smallest absolute Gasteiger partial charge is 0.465 e. The van der Waals surface area contributed by atoms with Crippen molar-refractivity contribution < 1.29 is 36.2 Å². The van der Waals surface area contributed by atoms with Gasteiger partial charge in [-0.15, -0.1) is 5.10 Å². The summed E-state index contributed by atoms with van der Waals surface area (Å²) in [4.78, 5) is 15.8. The number of benzene rings is 2. The van der Waals surface area contributed by atoms with E-state index in [4.69, 9.17) is 0 Å². The van der Waals surface area contributed by atoms with Crippen molar-refractivity contribution in [3.8, 4) is 22.8 Å². The number of nitrogens with zero attached hydrogens (tertiary/aromatic N) is 3. The molecule has 3 aromatic rings. The minimum Gasteiger partial charge on any atom is -0.465 e. The third kappa shape index (κ3) is 4.24. The summed E-state index contributed by atoms with van der Waals surface area (Å²) in [6.45, 7) is 1.76. The number of alkyl halides is 5. The number of aryl methyl sites for hydroxylation is 1. The number of esters is 1. The van der Waals surface area contributed by atoms with Crippen molar-refractivity contribution in [1.82, 2.24) is 14.8 Å². The summed E-state index contributed by atoms with van der Waals surface area (Å²) < 4.78 is 72.3. The molecular formula is C19H14F5N3O3. The zero-order valence-electron chi connectivity index (χ0n) is 15.6. The number of methoxy groups -OCH3 is 1. The number of hydrogen-bond acceptors (Lipinski definition) is 5. The average molecular weight is 427 g/mol. The monoisotopic (exact) mass is 427 g/mol. The van der Waals surface area contributed by atoms with Gasteiger partial charge in [0.15, 0.2) is 5.82 Å². The Labute approximate surface area is 166 Å². The molecule has 30 heavy (non-hydrogen) atoms. The van der Waals surface area contributed by atoms with E-state index in [-0.39, 0.29) is 0 Å². The van der Waals surface area contributed by atoms with Crippen LogP contribution < -0.4 is 4.74 Å². The molecule has 2 aromatic carbocycles. The van der Waals surface area contributed by atoms with Crippen LogP contribution in [-0.4, -0.2) is 40.1 Å². The highest BCUT2D eigenvalue weighted by molar-refractivity contribution is 5.90. The Balaban J connectivity index is 1.81. The maximum absolute atomic E-state index is 13.0. The lowest BCUT2D eigenvalue weighted by Crippen LogP contribution is -2.41. The lowest BCUT2D eigenvalue weighted by atomic mass is 10.0. The van der Waals surface area contributed by atoms with Crippen LogP contribution in [0.5, 0.6) is 5.75 Å². The van der Waals surface area contributed by atoms with Crippen molar-refractivity contribution in [2.24, 2.45) is 0 Å². The number of rotatable bonds is 5. The number of hydrogen-bond donors (Lipinski definition) is 0. The lowest BCUT2D eigenvalue weighted by Gasteiger charge is -2.20. The van der Waals surface area contributed by atoms with Gasteiger partial charge in [-0.2, -0.15) is 22.0 Å². The van der Waals surface area contributed by atoms with Crippen LogP contribution in [0.1, 0.15) is 15.9 Å². The van der Waals surface area contributed by atoms with Crippen molar-refractivity contribution in [3.05, 3.63) is 59.9 Å². The van der Waals surface area contributed by atoms with Gasteiger partial charge < -0.3 is 9.47 Å². The molecular weight excluding hydrogens is 413 g/mol. The molecule has 0 spiro atoms. The molecule has 0 unspecified atom stereocenters. The van der Waals surface area contributed by atoms with E-state index in [1.165, 1.54) is 30.3 Å². The van der Waals surface area contributed by atoms with E-state index in [9.17, 15) is 26.7 Å². The first kappa shape index (κ1) is 21.2. The van der Waals surface area contributed by atoms with Gasteiger partial charge in [-0.25, -0.2) is 14.5 Å². The summed E-state index contributed by atoms with van der Waals surface area (Å²) in [6, 6.07) is 9.27. The lowest BCUT2D eigenvalue weighted by molar-refractivity contribution is -0.360. The number of carbonyl (C=O) groups is 1. The molecule has 0 radical (unpaired) electrons. The first-order valence-corrected chi connectivity index (χ1v) is 8.37. The van der Waals surface area contributed by atoms with E-state index in [1.807, 2.05) is 0 Å². The normalized spacial score (nSPS) is 12.0. The maximum atomic E-state index is 13.0. The number of ether oxygens (including phenoxy) is 2. The minimum absolute atomic E-state index is 0.327. The fourth-order valence-corrected chi connectivity index (χ4v) is 2.54. The van der Waals surface area contributed by atoms with Crippen molar-refractivity contribution in [3.63, 3.8) is 0 Å². The van der Waals surface area contributed by atoms with Crippen molar-refractivity contribution in [1.29, 1.82) is 0 Å². The van der Waals surface area contributed by atoms with Crippen LogP contribution in [0.2, 0.25) is 0 Å². The Morgan fingerprint density at radius 2 is 1.70 bits per heavy atom. The Hall–Kier alpha value is -3.50. The largest absolute Gasteiger partial charge is 0.499 e. The highest BCUT2D eigenvalue weighted by Crippen LogP contribution is 2.37. The Bertz CT molecular complexity index is 1060. The molecule has 0 amide bonds. The van der Waals surface area contributed by atoms with Crippen LogP contribution in [0.25, 0.3) is 17.1 Å². The van der Waals surface area contributed by atoms with Crippen LogP contribution in [0.4, 0.5) is 22.0 Å². The van der Waals surface area contributed by atoms with E-state index in [2.05, 4.69) is 19.6 Å². The maximum Gasteiger partial charge on any atom is 0.499 e. The van der Waals surface area contributed by atoms with Gasteiger partial charge in [-0.05, 0) is 55.0 Å². The second-order valence-electron chi connectivity index (χ2n) is 6.14. The molecule has 0 aliphatic heterocycles. The van der Waals surface area contributed by atoms with Crippen molar-refractivity contribution in [2.45, 2.75) is 19.2 Å². The molecule has 11 heteroatoms. The van der Waals surface area contributed by atoms with Gasteiger partial charge in [-0.3, -0.25) is 0 Å². The van der Waals surface area contributed by atoms with Crippen LogP contribution in [0.3, 0.4) is 0 Å². The molecule has 0 aliphatic carbocycles. The van der Waals surface area contributed by atoms with Crippen LogP contribution in [0, 0.1) is 6.92 Å². The van der Waals surface area contributed by atoms with E-state index >= 15 is 0 Å². The molecule has 6 nitrogen and oxygen atoms in total. The summed E-state index contributed by atoms with van der Waals surface area (Å²) in [5.74, 6) is -0.815. The molecule has 0 saturated carbocycles. The van der Waals surface area contributed by atoms with Gasteiger partial charge in [0.05, 0.1) is 18.4 Å². The molecule has 158 valence electrons. The molecule has 0 saturated heterocycles. The SMILES string of the molecule is COC(=O)c1ccc(-c2ncn(-c3ccc(OC(F)(F)C(F)(F)F)cc3)n2)c(C)c1. The molecule has 3 rings (SSSR count).